The molecule has 3 aromatic rings. The minimum Gasteiger partial charge on any atom is -0.478 e. The maximum absolute atomic E-state index is 12.3. The van der Waals surface area contributed by atoms with Gasteiger partial charge in [0.15, 0.2) is 0 Å². The largest absolute Gasteiger partial charge is 0.478 e. The highest BCUT2D eigenvalue weighted by Gasteiger charge is 2.35. The maximum atomic E-state index is 12.3. The second-order valence-corrected chi connectivity index (χ2v) is 9.65. The van der Waals surface area contributed by atoms with Crippen molar-refractivity contribution in [2.75, 3.05) is 0 Å². The first-order valence-corrected chi connectivity index (χ1v) is 10.7. The summed E-state index contributed by atoms with van der Waals surface area (Å²) in [4.78, 5) is 17.2. The number of allylic oxidation sites excluding steroid dienone is 1. The van der Waals surface area contributed by atoms with Crippen molar-refractivity contribution >= 4 is 44.5 Å². The summed E-state index contributed by atoms with van der Waals surface area (Å²) < 4.78 is 1.02. The molecule has 0 saturated carbocycles. The number of carboxylic acids is 1. The van der Waals surface area contributed by atoms with Gasteiger partial charge < -0.3 is 5.11 Å². The predicted molar refractivity (Wildman–Crippen MR) is 122 cm³/mol. The third-order valence-corrected chi connectivity index (χ3v) is 6.61. The van der Waals surface area contributed by atoms with Crippen LogP contribution in [0.4, 0.5) is 0 Å². The zero-order valence-corrected chi connectivity index (χ0v) is 18.5. The number of carbonyl (C=O) groups is 1. The molecule has 1 N–H and O–H groups in total. The molecular weight excluding hydrogens is 426 g/mol. The van der Waals surface area contributed by atoms with E-state index in [0.717, 1.165) is 45.2 Å². The summed E-state index contributed by atoms with van der Waals surface area (Å²) in [6, 6.07) is 15.6. The Bertz CT molecular complexity index is 1140. The third kappa shape index (κ3) is 3.74. The van der Waals surface area contributed by atoms with E-state index in [1.807, 2.05) is 42.5 Å². The molecule has 0 fully saturated rings. The van der Waals surface area contributed by atoms with E-state index >= 15 is 0 Å². The molecule has 29 heavy (non-hydrogen) atoms. The minimum atomic E-state index is -0.880. The summed E-state index contributed by atoms with van der Waals surface area (Å²) in [6.45, 7) is 6.69. The van der Waals surface area contributed by atoms with Gasteiger partial charge in [0.05, 0.1) is 16.8 Å². The van der Waals surface area contributed by atoms with Crippen LogP contribution in [0.1, 0.15) is 54.4 Å². The zero-order valence-electron chi connectivity index (χ0n) is 16.9. The Morgan fingerprint density at radius 1 is 1.10 bits per heavy atom. The monoisotopic (exact) mass is 449 g/mol. The fourth-order valence-electron chi connectivity index (χ4n) is 4.16. The number of hydrogen-bond acceptors (Lipinski definition) is 2. The molecule has 1 heterocycles. The van der Waals surface area contributed by atoms with Crippen molar-refractivity contribution < 1.29 is 9.90 Å². The Kier molecular flexibility index (Phi) is 5.07. The summed E-state index contributed by atoms with van der Waals surface area (Å²) >= 11 is 3.64. The molecule has 4 heteroatoms. The van der Waals surface area contributed by atoms with Crippen molar-refractivity contribution in [1.29, 1.82) is 0 Å². The number of para-hydroxylation sites is 1. The Hall–Kier alpha value is -2.46. The quantitative estimate of drug-likeness (QED) is 0.465. The second kappa shape index (κ2) is 7.42. The standard InChI is InChI=1S/C25H24BrNO2/c1-25(2,3)17-13-16(12-15-8-4-6-10-20(15)26)23-19(14-17)22(24(28)29)18-9-5-7-11-21(18)27-23/h4-12,17H,13-14H2,1-3H3,(H,28,29)/b16-12-. The van der Waals surface area contributed by atoms with Crippen molar-refractivity contribution in [1.82, 2.24) is 4.98 Å². The fourth-order valence-corrected chi connectivity index (χ4v) is 4.56. The maximum Gasteiger partial charge on any atom is 0.336 e. The summed E-state index contributed by atoms with van der Waals surface area (Å²) in [5.41, 5.74) is 5.07. The van der Waals surface area contributed by atoms with E-state index in [2.05, 4.69) is 48.8 Å². The SMILES string of the molecule is CC(C)(C)C1C/C(=C/c2ccccc2Br)c2nc3ccccc3c(C(=O)O)c2C1. The van der Waals surface area contributed by atoms with E-state index in [4.69, 9.17) is 4.98 Å². The summed E-state index contributed by atoms with van der Waals surface area (Å²) in [5, 5.41) is 10.8. The van der Waals surface area contributed by atoms with Crippen LogP contribution in [0.15, 0.2) is 53.0 Å². The average Bonchev–Trinajstić information content (AvgIpc) is 2.67. The molecule has 0 spiro atoms. The van der Waals surface area contributed by atoms with Gasteiger partial charge in [-0.15, -0.1) is 0 Å². The molecule has 1 atom stereocenters. The van der Waals surface area contributed by atoms with Gasteiger partial charge >= 0.3 is 5.97 Å². The van der Waals surface area contributed by atoms with Crippen LogP contribution in [0.25, 0.3) is 22.6 Å². The van der Waals surface area contributed by atoms with Crippen LogP contribution in [-0.2, 0) is 6.42 Å². The van der Waals surface area contributed by atoms with Gasteiger partial charge in [0.2, 0.25) is 0 Å². The van der Waals surface area contributed by atoms with Crippen LogP contribution >= 0.6 is 15.9 Å². The Labute approximate surface area is 179 Å². The lowest BCUT2D eigenvalue weighted by Crippen LogP contribution is -2.28. The van der Waals surface area contributed by atoms with E-state index in [1.165, 1.54) is 0 Å². The van der Waals surface area contributed by atoms with Crippen LogP contribution in [0.2, 0.25) is 0 Å². The van der Waals surface area contributed by atoms with E-state index in [0.29, 0.717) is 16.9 Å². The van der Waals surface area contributed by atoms with Crippen molar-refractivity contribution in [3.05, 3.63) is 75.4 Å². The van der Waals surface area contributed by atoms with Crippen molar-refractivity contribution in [3.63, 3.8) is 0 Å². The molecule has 1 unspecified atom stereocenters. The molecule has 1 aliphatic carbocycles. The van der Waals surface area contributed by atoms with Crippen LogP contribution < -0.4 is 0 Å². The third-order valence-electron chi connectivity index (χ3n) is 5.89. The van der Waals surface area contributed by atoms with Gasteiger partial charge in [-0.3, -0.25) is 0 Å². The number of nitrogens with zero attached hydrogens (tertiary/aromatic N) is 1. The van der Waals surface area contributed by atoms with Crippen molar-refractivity contribution in [2.45, 2.75) is 33.6 Å². The van der Waals surface area contributed by atoms with Crippen LogP contribution in [-0.4, -0.2) is 16.1 Å². The van der Waals surface area contributed by atoms with Gasteiger partial charge in [-0.25, -0.2) is 9.78 Å². The second-order valence-electron chi connectivity index (χ2n) is 8.80. The van der Waals surface area contributed by atoms with E-state index < -0.39 is 5.97 Å². The molecule has 4 rings (SSSR count). The summed E-state index contributed by atoms with van der Waals surface area (Å²) in [6.07, 6.45) is 3.77. The van der Waals surface area contributed by atoms with Gasteiger partial charge in [-0.2, -0.15) is 0 Å². The number of hydrogen-bond donors (Lipinski definition) is 1. The first-order valence-electron chi connectivity index (χ1n) is 9.86. The smallest absolute Gasteiger partial charge is 0.336 e. The van der Waals surface area contributed by atoms with E-state index in [9.17, 15) is 9.90 Å². The van der Waals surface area contributed by atoms with Crippen molar-refractivity contribution in [3.8, 4) is 0 Å². The summed E-state index contributed by atoms with van der Waals surface area (Å²) in [7, 11) is 0. The molecule has 0 radical (unpaired) electrons. The van der Waals surface area contributed by atoms with Crippen LogP contribution in [0.5, 0.6) is 0 Å². The molecule has 3 nitrogen and oxygen atoms in total. The Balaban J connectivity index is 2.02. The molecule has 148 valence electrons. The molecule has 1 aromatic heterocycles. The Morgan fingerprint density at radius 2 is 1.79 bits per heavy atom. The topological polar surface area (TPSA) is 50.2 Å². The molecule has 2 aromatic carbocycles. The Morgan fingerprint density at radius 3 is 2.48 bits per heavy atom. The molecule has 0 bridgehead atoms. The number of fused-ring (bicyclic) bond motifs is 2. The summed E-state index contributed by atoms with van der Waals surface area (Å²) in [5.74, 6) is -0.542. The number of aromatic nitrogens is 1. The normalized spacial score (nSPS) is 18.1. The first kappa shape index (κ1) is 19.8. The number of carboxylic acid groups (broad SMARTS) is 1. The number of rotatable bonds is 2. The molecule has 0 aliphatic heterocycles. The lowest BCUT2D eigenvalue weighted by Gasteiger charge is -2.36. The molecular formula is C25H24BrNO2. The number of halogens is 1. The van der Waals surface area contributed by atoms with Gasteiger partial charge in [-0.05, 0) is 59.1 Å². The fraction of sp³-hybridized carbons (Fsp3) is 0.280. The lowest BCUT2D eigenvalue weighted by atomic mass is 9.69. The van der Waals surface area contributed by atoms with Gasteiger partial charge in [0.25, 0.3) is 0 Å². The molecule has 1 aliphatic rings. The predicted octanol–water partition coefficient (Wildman–Crippen LogP) is 6.84. The highest BCUT2D eigenvalue weighted by atomic mass is 79.9. The first-order chi connectivity index (χ1) is 13.8. The minimum absolute atomic E-state index is 0.0616. The molecule has 0 amide bonds. The van der Waals surface area contributed by atoms with E-state index in [-0.39, 0.29) is 5.41 Å². The van der Waals surface area contributed by atoms with Gasteiger partial charge in [0.1, 0.15) is 0 Å². The van der Waals surface area contributed by atoms with Crippen LogP contribution in [0.3, 0.4) is 0 Å². The van der Waals surface area contributed by atoms with Gasteiger partial charge in [-0.1, -0.05) is 73.1 Å². The average molecular weight is 450 g/mol. The lowest BCUT2D eigenvalue weighted by molar-refractivity contribution is 0.0696. The number of pyridine rings is 1. The number of aromatic carboxylic acids is 1. The van der Waals surface area contributed by atoms with Crippen molar-refractivity contribution in [2.24, 2.45) is 11.3 Å². The van der Waals surface area contributed by atoms with E-state index in [1.54, 1.807) is 0 Å². The highest BCUT2D eigenvalue weighted by Crippen LogP contribution is 2.45. The van der Waals surface area contributed by atoms with Gasteiger partial charge in [0, 0.05) is 9.86 Å². The highest BCUT2D eigenvalue weighted by molar-refractivity contribution is 9.10. The zero-order chi connectivity index (χ0) is 20.8. The molecule has 0 saturated heterocycles. The van der Waals surface area contributed by atoms with Crippen LogP contribution in [0, 0.1) is 11.3 Å². The number of benzene rings is 2.